The molecule has 0 aliphatic carbocycles. The predicted molar refractivity (Wildman–Crippen MR) is 72.0 cm³/mol. The molecule has 0 saturated carbocycles. The first-order valence-corrected chi connectivity index (χ1v) is 5.93. The van der Waals surface area contributed by atoms with Gasteiger partial charge in [-0.15, -0.1) is 0 Å². The van der Waals surface area contributed by atoms with E-state index in [1.54, 1.807) is 0 Å². The van der Waals surface area contributed by atoms with Crippen LogP contribution in [0.2, 0.25) is 0 Å². The zero-order chi connectivity index (χ0) is 13.4. The number of hydrogen-bond acceptors (Lipinski definition) is 4. The number of hydrogen-bond donors (Lipinski definition) is 2. The minimum absolute atomic E-state index is 0.157. The maximum atomic E-state index is 12.4. The second-order valence-corrected chi connectivity index (χ2v) is 4.39. The molecule has 0 radical (unpaired) electrons. The number of nitrogens with one attached hydrogen (secondary N) is 1. The normalized spacial score (nSPS) is 11.0. The van der Waals surface area contributed by atoms with Crippen LogP contribution in [0.1, 0.15) is 16.8 Å². The van der Waals surface area contributed by atoms with Crippen LogP contribution in [0.5, 0.6) is 0 Å². The van der Waals surface area contributed by atoms with Gasteiger partial charge in [-0.1, -0.05) is 30.3 Å². The van der Waals surface area contributed by atoms with Gasteiger partial charge in [0.15, 0.2) is 0 Å². The first kappa shape index (κ1) is 11.5. The van der Waals surface area contributed by atoms with Gasteiger partial charge in [-0.25, -0.2) is 4.98 Å². The van der Waals surface area contributed by atoms with Gasteiger partial charge in [-0.2, -0.15) is 9.50 Å². The highest BCUT2D eigenvalue weighted by Crippen LogP contribution is 2.09. The Morgan fingerprint density at radius 3 is 2.74 bits per heavy atom. The number of nitrogen functional groups attached to an aromatic ring is 1. The molecule has 0 amide bonds. The van der Waals surface area contributed by atoms with Gasteiger partial charge in [0.05, 0.1) is 5.69 Å². The molecule has 3 aromatic rings. The van der Waals surface area contributed by atoms with Crippen LogP contribution in [-0.2, 0) is 6.42 Å². The molecule has 2 aromatic heterocycles. The maximum absolute atomic E-state index is 12.4. The fourth-order valence-corrected chi connectivity index (χ4v) is 2.07. The second-order valence-electron chi connectivity index (χ2n) is 4.39. The largest absolute Gasteiger partial charge is 0.368 e. The fourth-order valence-electron chi connectivity index (χ4n) is 2.07. The Morgan fingerprint density at radius 1 is 1.26 bits per heavy atom. The van der Waals surface area contributed by atoms with E-state index in [4.69, 9.17) is 5.73 Å². The molecule has 0 bridgehead atoms. The number of fused-ring (bicyclic) bond motifs is 1. The van der Waals surface area contributed by atoms with E-state index in [0.29, 0.717) is 23.5 Å². The van der Waals surface area contributed by atoms with E-state index in [1.807, 2.05) is 37.3 Å². The summed E-state index contributed by atoms with van der Waals surface area (Å²) >= 11 is 0. The summed E-state index contributed by atoms with van der Waals surface area (Å²) in [6.45, 7) is 1.81. The molecule has 3 N–H and O–H groups in total. The molecule has 2 heterocycles. The van der Waals surface area contributed by atoms with Gasteiger partial charge in [-0.05, 0) is 12.5 Å². The van der Waals surface area contributed by atoms with Crippen molar-refractivity contribution in [2.75, 3.05) is 5.73 Å². The van der Waals surface area contributed by atoms with Gasteiger partial charge >= 0.3 is 0 Å². The SMILES string of the molecule is Cc1nc2nc(N)[nH]n2c(=O)c1Cc1ccccc1. The summed E-state index contributed by atoms with van der Waals surface area (Å²) in [7, 11) is 0. The molecule has 0 aliphatic heterocycles. The quantitative estimate of drug-likeness (QED) is 0.712. The number of rotatable bonds is 2. The Morgan fingerprint density at radius 2 is 2.00 bits per heavy atom. The molecule has 0 atom stereocenters. The monoisotopic (exact) mass is 255 g/mol. The molecule has 6 nitrogen and oxygen atoms in total. The number of nitrogens with two attached hydrogens (primary N) is 1. The van der Waals surface area contributed by atoms with Crippen LogP contribution in [0.3, 0.4) is 0 Å². The lowest BCUT2D eigenvalue weighted by atomic mass is 10.1. The van der Waals surface area contributed by atoms with E-state index >= 15 is 0 Å². The van der Waals surface area contributed by atoms with Crippen molar-refractivity contribution in [3.63, 3.8) is 0 Å². The number of benzene rings is 1. The van der Waals surface area contributed by atoms with Crippen molar-refractivity contribution < 1.29 is 0 Å². The zero-order valence-corrected chi connectivity index (χ0v) is 10.4. The third-order valence-electron chi connectivity index (χ3n) is 3.04. The predicted octanol–water partition coefficient (Wildman–Crippen LogP) is 0.899. The van der Waals surface area contributed by atoms with Crippen molar-refractivity contribution in [1.82, 2.24) is 19.6 Å². The highest BCUT2D eigenvalue weighted by atomic mass is 16.1. The molecule has 0 fully saturated rings. The van der Waals surface area contributed by atoms with Crippen molar-refractivity contribution in [3.05, 3.63) is 57.5 Å². The highest BCUT2D eigenvalue weighted by molar-refractivity contribution is 5.38. The van der Waals surface area contributed by atoms with Gasteiger partial charge in [0.25, 0.3) is 11.3 Å². The van der Waals surface area contributed by atoms with Crippen LogP contribution in [0.4, 0.5) is 5.95 Å². The topological polar surface area (TPSA) is 89.1 Å². The first-order valence-electron chi connectivity index (χ1n) is 5.93. The molecule has 1 aromatic carbocycles. The molecule has 0 spiro atoms. The zero-order valence-electron chi connectivity index (χ0n) is 10.4. The van der Waals surface area contributed by atoms with Crippen molar-refractivity contribution in [1.29, 1.82) is 0 Å². The van der Waals surface area contributed by atoms with Crippen LogP contribution in [0.25, 0.3) is 5.78 Å². The van der Waals surface area contributed by atoms with Gasteiger partial charge in [0.1, 0.15) is 0 Å². The fraction of sp³-hybridized carbons (Fsp3) is 0.154. The number of aromatic nitrogens is 4. The molecular formula is C13H13N5O. The van der Waals surface area contributed by atoms with Crippen molar-refractivity contribution in [2.24, 2.45) is 0 Å². The Labute approximate surface area is 108 Å². The van der Waals surface area contributed by atoms with Crippen molar-refractivity contribution >= 4 is 11.7 Å². The molecule has 6 heteroatoms. The second kappa shape index (κ2) is 4.24. The van der Waals surface area contributed by atoms with Crippen molar-refractivity contribution in [3.8, 4) is 0 Å². The third kappa shape index (κ3) is 1.97. The van der Waals surface area contributed by atoms with E-state index in [-0.39, 0.29) is 11.5 Å². The Bertz CT molecular complexity index is 788. The maximum Gasteiger partial charge on any atom is 0.277 e. The van der Waals surface area contributed by atoms with Crippen LogP contribution >= 0.6 is 0 Å². The van der Waals surface area contributed by atoms with E-state index in [1.165, 1.54) is 4.52 Å². The lowest BCUT2D eigenvalue weighted by Crippen LogP contribution is -2.22. The molecule has 0 saturated heterocycles. The summed E-state index contributed by atoms with van der Waals surface area (Å²) in [5.74, 6) is 0.484. The summed E-state index contributed by atoms with van der Waals surface area (Å²) < 4.78 is 1.28. The van der Waals surface area contributed by atoms with E-state index in [2.05, 4.69) is 15.1 Å². The smallest absolute Gasteiger partial charge is 0.277 e. The minimum Gasteiger partial charge on any atom is -0.368 e. The summed E-state index contributed by atoms with van der Waals surface area (Å²) in [6.07, 6.45) is 0.542. The number of nitrogens with zero attached hydrogens (tertiary/aromatic N) is 3. The lowest BCUT2D eigenvalue weighted by Gasteiger charge is -2.04. The number of aromatic amines is 1. The molecule has 19 heavy (non-hydrogen) atoms. The Balaban J connectivity index is 2.16. The lowest BCUT2D eigenvalue weighted by molar-refractivity contribution is 0.861. The minimum atomic E-state index is -0.157. The average molecular weight is 255 g/mol. The van der Waals surface area contributed by atoms with Crippen LogP contribution in [0, 0.1) is 6.92 Å². The van der Waals surface area contributed by atoms with Gasteiger partial charge in [0.2, 0.25) is 5.95 Å². The molecule has 3 rings (SSSR count). The first-order chi connectivity index (χ1) is 9.15. The van der Waals surface area contributed by atoms with Gasteiger partial charge < -0.3 is 5.73 Å². The average Bonchev–Trinajstić information content (AvgIpc) is 2.76. The van der Waals surface area contributed by atoms with Crippen LogP contribution in [-0.4, -0.2) is 19.6 Å². The number of H-pyrrole nitrogens is 1. The van der Waals surface area contributed by atoms with Crippen LogP contribution in [0.15, 0.2) is 35.1 Å². The summed E-state index contributed by atoms with van der Waals surface area (Å²) in [6, 6.07) is 9.80. The van der Waals surface area contributed by atoms with Crippen molar-refractivity contribution in [2.45, 2.75) is 13.3 Å². The van der Waals surface area contributed by atoms with Gasteiger partial charge in [0, 0.05) is 12.0 Å². The highest BCUT2D eigenvalue weighted by Gasteiger charge is 2.12. The third-order valence-corrected chi connectivity index (χ3v) is 3.04. The van der Waals surface area contributed by atoms with E-state index in [0.717, 1.165) is 5.56 Å². The van der Waals surface area contributed by atoms with E-state index < -0.39 is 0 Å². The molecule has 0 aliphatic rings. The summed E-state index contributed by atoms with van der Waals surface area (Å²) in [5, 5.41) is 2.69. The van der Waals surface area contributed by atoms with E-state index in [9.17, 15) is 4.79 Å². The number of aryl methyl sites for hydroxylation is 1. The van der Waals surface area contributed by atoms with Crippen LogP contribution < -0.4 is 11.3 Å². The standard InChI is InChI=1S/C13H13N5O/c1-8-10(7-9-5-3-2-4-6-9)11(19)18-13(15-8)16-12(14)17-18/h2-6H,7H2,1H3,(H3,14,15,16,17). The number of anilines is 1. The summed E-state index contributed by atoms with van der Waals surface area (Å²) in [5.41, 5.74) is 7.78. The Kier molecular flexibility index (Phi) is 2.56. The molecular weight excluding hydrogens is 242 g/mol. The summed E-state index contributed by atoms with van der Waals surface area (Å²) in [4.78, 5) is 20.6. The molecule has 96 valence electrons. The Hall–Kier alpha value is -2.63. The molecule has 0 unspecified atom stereocenters. The van der Waals surface area contributed by atoms with Gasteiger partial charge in [-0.3, -0.25) is 9.89 Å².